The van der Waals surface area contributed by atoms with Crippen molar-refractivity contribution in [1.82, 2.24) is 5.32 Å². The quantitative estimate of drug-likeness (QED) is 0.127. The van der Waals surface area contributed by atoms with Crippen molar-refractivity contribution < 1.29 is 14.4 Å². The fraction of sp³-hybridized carbons (Fsp3) is 0.0938. The average Bonchev–Trinajstić information content (AvgIpc) is 2.98. The smallest absolute Gasteiger partial charge is 0.272 e. The van der Waals surface area contributed by atoms with Gasteiger partial charge in [-0.3, -0.25) is 14.4 Å². The van der Waals surface area contributed by atoms with Crippen LogP contribution in [0.2, 0.25) is 10.0 Å². The molecule has 4 aromatic rings. The van der Waals surface area contributed by atoms with Gasteiger partial charge in [0.05, 0.1) is 5.25 Å². The van der Waals surface area contributed by atoms with E-state index in [2.05, 4.69) is 16.0 Å². The zero-order valence-electron chi connectivity index (χ0n) is 22.1. The van der Waals surface area contributed by atoms with E-state index in [0.29, 0.717) is 39.0 Å². The highest BCUT2D eigenvalue weighted by atomic mass is 35.5. The van der Waals surface area contributed by atoms with Crippen molar-refractivity contribution in [2.45, 2.75) is 23.5 Å². The molecule has 0 aromatic heterocycles. The van der Waals surface area contributed by atoms with Gasteiger partial charge in [-0.25, -0.2) is 0 Å². The van der Waals surface area contributed by atoms with Crippen LogP contribution in [-0.2, 0) is 9.59 Å². The van der Waals surface area contributed by atoms with Gasteiger partial charge in [0.25, 0.3) is 11.8 Å². The van der Waals surface area contributed by atoms with E-state index in [1.165, 1.54) is 11.8 Å². The minimum atomic E-state index is -0.501. The second-order valence-corrected chi connectivity index (χ2v) is 11.1. The summed E-state index contributed by atoms with van der Waals surface area (Å²) >= 11 is 13.3. The molecule has 3 amide bonds. The zero-order chi connectivity index (χ0) is 29.2. The molecule has 0 heterocycles. The fourth-order valence-electron chi connectivity index (χ4n) is 3.76. The summed E-state index contributed by atoms with van der Waals surface area (Å²) in [6.07, 6.45) is 2.18. The lowest BCUT2D eigenvalue weighted by atomic mass is 10.1. The van der Waals surface area contributed by atoms with Crippen molar-refractivity contribution in [3.05, 3.63) is 130 Å². The highest BCUT2D eigenvalue weighted by Crippen LogP contribution is 2.29. The van der Waals surface area contributed by atoms with Crippen LogP contribution in [0, 0.1) is 0 Å². The number of amides is 3. The van der Waals surface area contributed by atoms with Gasteiger partial charge in [-0.05, 0) is 84.8 Å². The minimum absolute atomic E-state index is 0.0630. The molecule has 1 atom stereocenters. The topological polar surface area (TPSA) is 87.3 Å². The predicted octanol–water partition coefficient (Wildman–Crippen LogP) is 7.91. The van der Waals surface area contributed by atoms with Gasteiger partial charge in [-0.1, -0.05) is 66.5 Å². The fourth-order valence-corrected chi connectivity index (χ4v) is 5.02. The molecule has 3 N–H and O–H groups in total. The molecule has 1 unspecified atom stereocenters. The van der Waals surface area contributed by atoms with Crippen LogP contribution in [0.5, 0.6) is 0 Å². The largest absolute Gasteiger partial charge is 0.325 e. The number of thioether (sulfide) groups is 1. The molecule has 0 aliphatic heterocycles. The molecule has 6 nitrogen and oxygen atoms in total. The predicted molar refractivity (Wildman–Crippen MR) is 168 cm³/mol. The molecule has 0 radical (unpaired) electrons. The maximum atomic E-state index is 13.4. The van der Waals surface area contributed by atoms with Gasteiger partial charge in [-0.2, -0.15) is 0 Å². The number of carbonyl (C=O) groups is 3. The van der Waals surface area contributed by atoms with E-state index in [-0.39, 0.29) is 16.9 Å². The van der Waals surface area contributed by atoms with Crippen LogP contribution in [0.1, 0.15) is 29.3 Å². The van der Waals surface area contributed by atoms with Crippen molar-refractivity contribution in [2.24, 2.45) is 0 Å². The lowest BCUT2D eigenvalue weighted by molar-refractivity contribution is -0.116. The lowest BCUT2D eigenvalue weighted by Gasteiger charge is -2.16. The number of hydrogen-bond donors (Lipinski definition) is 3. The molecule has 4 rings (SSSR count). The Morgan fingerprint density at radius 2 is 1.44 bits per heavy atom. The summed E-state index contributed by atoms with van der Waals surface area (Å²) in [6, 6.07) is 29.7. The standard InChI is InChI=1S/C32H27Cl2N3O3S/c1-2-29(32(40)35-25-17-15-24(34)16-18-25)41-27-10-6-9-26(20-27)36-31(39)28(19-21-11-13-23(33)14-12-21)37-30(38)22-7-4-3-5-8-22/h3-20,29H,2H2,1H3,(H,35,40)(H,36,39)(H,37,38)/b28-19-. The number of anilines is 2. The van der Waals surface area contributed by atoms with Gasteiger partial charge in [0.15, 0.2) is 0 Å². The summed E-state index contributed by atoms with van der Waals surface area (Å²) in [5.74, 6) is -1.05. The van der Waals surface area contributed by atoms with Crippen molar-refractivity contribution >= 4 is 70.1 Å². The number of rotatable bonds is 10. The van der Waals surface area contributed by atoms with Gasteiger partial charge in [0, 0.05) is 31.9 Å². The molecule has 41 heavy (non-hydrogen) atoms. The van der Waals surface area contributed by atoms with Crippen LogP contribution in [0.4, 0.5) is 11.4 Å². The van der Waals surface area contributed by atoms with Crippen LogP contribution < -0.4 is 16.0 Å². The minimum Gasteiger partial charge on any atom is -0.325 e. The van der Waals surface area contributed by atoms with Crippen LogP contribution in [0.25, 0.3) is 6.08 Å². The molecule has 4 aromatic carbocycles. The average molecular weight is 605 g/mol. The Bertz CT molecular complexity index is 1540. The number of hydrogen-bond acceptors (Lipinski definition) is 4. The molecule has 0 spiro atoms. The van der Waals surface area contributed by atoms with E-state index in [0.717, 1.165) is 4.90 Å². The van der Waals surface area contributed by atoms with Crippen molar-refractivity contribution in [2.75, 3.05) is 10.6 Å². The summed E-state index contributed by atoms with van der Waals surface area (Å²) < 4.78 is 0. The Morgan fingerprint density at radius 1 is 0.780 bits per heavy atom. The Kier molecular flexibility index (Phi) is 10.6. The SMILES string of the molecule is CCC(Sc1cccc(NC(=O)/C(=C/c2ccc(Cl)cc2)NC(=O)c2ccccc2)c1)C(=O)Nc1ccc(Cl)cc1. The van der Waals surface area contributed by atoms with Crippen molar-refractivity contribution in [3.63, 3.8) is 0 Å². The first-order valence-corrected chi connectivity index (χ1v) is 14.4. The molecule has 0 saturated heterocycles. The Morgan fingerprint density at radius 3 is 2.10 bits per heavy atom. The Hall–Kier alpha value is -4.04. The summed E-state index contributed by atoms with van der Waals surface area (Å²) in [5, 5.41) is 9.29. The maximum absolute atomic E-state index is 13.4. The molecular weight excluding hydrogens is 577 g/mol. The van der Waals surface area contributed by atoms with Gasteiger partial charge in [0.1, 0.15) is 5.70 Å². The third kappa shape index (κ3) is 8.98. The molecule has 0 fully saturated rings. The number of nitrogens with one attached hydrogen (secondary N) is 3. The number of halogens is 2. The summed E-state index contributed by atoms with van der Waals surface area (Å²) in [6.45, 7) is 1.94. The summed E-state index contributed by atoms with van der Waals surface area (Å²) in [5.41, 5.74) is 2.35. The first-order chi connectivity index (χ1) is 19.8. The van der Waals surface area contributed by atoms with Gasteiger partial charge < -0.3 is 16.0 Å². The highest BCUT2D eigenvalue weighted by Gasteiger charge is 2.19. The van der Waals surface area contributed by atoms with Gasteiger partial charge in [-0.15, -0.1) is 11.8 Å². The second kappa shape index (κ2) is 14.6. The van der Waals surface area contributed by atoms with E-state index in [1.807, 2.05) is 19.1 Å². The summed E-state index contributed by atoms with van der Waals surface area (Å²) in [7, 11) is 0. The van der Waals surface area contributed by atoms with Crippen LogP contribution in [0.3, 0.4) is 0 Å². The molecule has 0 aliphatic carbocycles. The van der Waals surface area contributed by atoms with Gasteiger partial charge in [0.2, 0.25) is 5.91 Å². The molecular formula is C32H27Cl2N3O3S. The molecule has 208 valence electrons. The molecule has 0 aliphatic rings. The second-order valence-electron chi connectivity index (χ2n) is 8.92. The monoisotopic (exact) mass is 603 g/mol. The number of benzene rings is 4. The Balaban J connectivity index is 1.49. The summed E-state index contributed by atoms with van der Waals surface area (Å²) in [4.78, 5) is 40.0. The van der Waals surface area contributed by atoms with Crippen molar-refractivity contribution in [3.8, 4) is 0 Å². The van der Waals surface area contributed by atoms with E-state index >= 15 is 0 Å². The number of carbonyl (C=O) groups excluding carboxylic acids is 3. The van der Waals surface area contributed by atoms with E-state index < -0.39 is 11.8 Å². The van der Waals surface area contributed by atoms with E-state index in [1.54, 1.807) is 97.1 Å². The lowest BCUT2D eigenvalue weighted by Crippen LogP contribution is -2.30. The van der Waals surface area contributed by atoms with Crippen LogP contribution >= 0.6 is 35.0 Å². The molecule has 9 heteroatoms. The highest BCUT2D eigenvalue weighted by molar-refractivity contribution is 8.00. The zero-order valence-corrected chi connectivity index (χ0v) is 24.4. The van der Waals surface area contributed by atoms with Crippen molar-refractivity contribution in [1.29, 1.82) is 0 Å². The molecule has 0 bridgehead atoms. The van der Waals surface area contributed by atoms with Crippen LogP contribution in [-0.4, -0.2) is 23.0 Å². The first kappa shape index (κ1) is 29.9. The van der Waals surface area contributed by atoms with E-state index in [9.17, 15) is 14.4 Å². The third-order valence-corrected chi connectivity index (χ3v) is 7.72. The Labute approximate surface area is 253 Å². The van der Waals surface area contributed by atoms with E-state index in [4.69, 9.17) is 23.2 Å². The maximum Gasteiger partial charge on any atom is 0.272 e. The third-order valence-electron chi connectivity index (χ3n) is 5.86. The van der Waals surface area contributed by atoms with Gasteiger partial charge >= 0.3 is 0 Å². The first-order valence-electron chi connectivity index (χ1n) is 12.8. The normalized spacial score (nSPS) is 11.8. The molecule has 0 saturated carbocycles. The van der Waals surface area contributed by atoms with Crippen LogP contribution in [0.15, 0.2) is 114 Å².